The van der Waals surface area contributed by atoms with Crippen LogP contribution in [-0.4, -0.2) is 53.7 Å². The third-order valence-electron chi connectivity index (χ3n) is 5.20. The van der Waals surface area contributed by atoms with E-state index in [4.69, 9.17) is 10.4 Å². The number of rotatable bonds is 5. The molecule has 24 heavy (non-hydrogen) atoms. The van der Waals surface area contributed by atoms with Crippen LogP contribution in [0, 0.1) is 23.2 Å². The van der Waals surface area contributed by atoms with Gasteiger partial charge in [0.05, 0.1) is 11.6 Å². The number of likely N-dealkylation sites (tertiary alicyclic amines) is 2. The molecule has 2 unspecified atom stereocenters. The van der Waals surface area contributed by atoms with Crippen LogP contribution in [0.3, 0.4) is 0 Å². The van der Waals surface area contributed by atoms with E-state index < -0.39 is 6.09 Å². The maximum Gasteiger partial charge on any atom is 0.407 e. The molecule has 2 bridgehead atoms. The molecule has 0 aliphatic carbocycles. The summed E-state index contributed by atoms with van der Waals surface area (Å²) in [5.41, 5.74) is 2.01. The molecule has 0 spiro atoms. The van der Waals surface area contributed by atoms with Crippen LogP contribution in [0.4, 0.5) is 4.79 Å². The first kappa shape index (κ1) is 16.8. The fourth-order valence-electron chi connectivity index (χ4n) is 4.14. The Morgan fingerprint density at radius 1 is 1.12 bits per heavy atom. The van der Waals surface area contributed by atoms with Gasteiger partial charge >= 0.3 is 6.09 Å². The summed E-state index contributed by atoms with van der Waals surface area (Å²) in [6.45, 7) is 4.59. The van der Waals surface area contributed by atoms with Crippen molar-refractivity contribution in [1.82, 2.24) is 9.80 Å². The van der Waals surface area contributed by atoms with E-state index in [1.54, 1.807) is 4.90 Å². The zero-order chi connectivity index (χ0) is 16.9. The van der Waals surface area contributed by atoms with E-state index in [-0.39, 0.29) is 0 Å². The van der Waals surface area contributed by atoms with E-state index in [2.05, 4.69) is 11.0 Å². The quantitative estimate of drug-likeness (QED) is 0.845. The fourth-order valence-corrected chi connectivity index (χ4v) is 4.14. The number of carbonyl (C=O) groups is 1. The Labute approximate surface area is 143 Å². The van der Waals surface area contributed by atoms with Crippen molar-refractivity contribution in [2.24, 2.45) is 11.8 Å². The van der Waals surface area contributed by atoms with Crippen LogP contribution in [0.15, 0.2) is 24.3 Å². The standard InChI is InChI=1S/C19H25N3O2/c20-10-16-6-4-15(5-7-16)3-1-2-8-21-11-17-9-18(12-21)14-22(13-17)19(23)24/h4-7,17-18H,1-3,8-9,11-14H2,(H,23,24). The fraction of sp³-hybridized carbons (Fsp3) is 0.579. The van der Waals surface area contributed by atoms with Crippen molar-refractivity contribution in [3.05, 3.63) is 35.4 Å². The highest BCUT2D eigenvalue weighted by molar-refractivity contribution is 5.65. The van der Waals surface area contributed by atoms with Gasteiger partial charge in [0.25, 0.3) is 0 Å². The number of benzene rings is 1. The molecule has 5 nitrogen and oxygen atoms in total. The monoisotopic (exact) mass is 327 g/mol. The van der Waals surface area contributed by atoms with Crippen LogP contribution in [0.1, 0.15) is 30.4 Å². The zero-order valence-electron chi connectivity index (χ0n) is 14.0. The lowest BCUT2D eigenvalue weighted by atomic mass is 9.85. The first-order chi connectivity index (χ1) is 11.6. The van der Waals surface area contributed by atoms with E-state index in [0.717, 1.165) is 32.5 Å². The number of aryl methyl sites for hydroxylation is 1. The Morgan fingerprint density at radius 2 is 1.79 bits per heavy atom. The third kappa shape index (κ3) is 4.27. The Morgan fingerprint density at radius 3 is 2.38 bits per heavy atom. The molecule has 2 heterocycles. The van der Waals surface area contributed by atoms with Crippen molar-refractivity contribution in [2.75, 3.05) is 32.7 Å². The van der Waals surface area contributed by atoms with Crippen molar-refractivity contribution < 1.29 is 9.90 Å². The van der Waals surface area contributed by atoms with Gasteiger partial charge in [0, 0.05) is 26.2 Å². The average molecular weight is 327 g/mol. The molecule has 2 aliphatic heterocycles. The van der Waals surface area contributed by atoms with Gasteiger partial charge in [0.15, 0.2) is 0 Å². The Kier molecular flexibility index (Phi) is 5.37. The Bertz CT molecular complexity index is 594. The van der Waals surface area contributed by atoms with E-state index in [0.29, 0.717) is 30.5 Å². The van der Waals surface area contributed by atoms with Gasteiger partial charge in [0.1, 0.15) is 0 Å². The molecular weight excluding hydrogens is 302 g/mol. The minimum atomic E-state index is -0.763. The normalized spacial score (nSPS) is 23.7. The minimum absolute atomic E-state index is 0.507. The van der Waals surface area contributed by atoms with E-state index >= 15 is 0 Å². The molecule has 2 fully saturated rings. The predicted octanol–water partition coefficient (Wildman–Crippen LogP) is 2.81. The summed E-state index contributed by atoms with van der Waals surface area (Å²) in [7, 11) is 0. The molecule has 1 amide bonds. The molecule has 0 saturated carbocycles. The molecule has 5 heteroatoms. The van der Waals surface area contributed by atoms with Gasteiger partial charge in [-0.05, 0) is 61.8 Å². The van der Waals surface area contributed by atoms with Gasteiger partial charge in [-0.1, -0.05) is 12.1 Å². The van der Waals surface area contributed by atoms with Gasteiger partial charge in [0.2, 0.25) is 0 Å². The summed E-state index contributed by atoms with van der Waals surface area (Å²) in [4.78, 5) is 15.3. The smallest absolute Gasteiger partial charge is 0.407 e. The number of carboxylic acid groups (broad SMARTS) is 1. The highest BCUT2D eigenvalue weighted by Gasteiger charge is 2.35. The third-order valence-corrected chi connectivity index (χ3v) is 5.20. The molecule has 0 radical (unpaired) electrons. The van der Waals surface area contributed by atoms with Gasteiger partial charge in [-0.2, -0.15) is 5.26 Å². The molecule has 128 valence electrons. The zero-order valence-corrected chi connectivity index (χ0v) is 14.0. The first-order valence-electron chi connectivity index (χ1n) is 8.83. The minimum Gasteiger partial charge on any atom is -0.465 e. The second-order valence-corrected chi connectivity index (χ2v) is 7.18. The van der Waals surface area contributed by atoms with Crippen LogP contribution < -0.4 is 0 Å². The van der Waals surface area contributed by atoms with Gasteiger partial charge in [-0.15, -0.1) is 0 Å². The molecule has 2 atom stereocenters. The van der Waals surface area contributed by atoms with E-state index in [1.807, 2.05) is 24.3 Å². The van der Waals surface area contributed by atoms with Crippen molar-refractivity contribution in [1.29, 1.82) is 5.26 Å². The summed E-state index contributed by atoms with van der Waals surface area (Å²) < 4.78 is 0. The van der Waals surface area contributed by atoms with Crippen molar-refractivity contribution in [3.63, 3.8) is 0 Å². The van der Waals surface area contributed by atoms with Crippen LogP contribution in [0.5, 0.6) is 0 Å². The summed E-state index contributed by atoms with van der Waals surface area (Å²) in [5, 5.41) is 18.0. The van der Waals surface area contributed by atoms with Crippen LogP contribution in [-0.2, 0) is 6.42 Å². The van der Waals surface area contributed by atoms with Crippen molar-refractivity contribution in [3.8, 4) is 6.07 Å². The molecule has 1 aromatic carbocycles. The number of fused-ring (bicyclic) bond motifs is 2. The van der Waals surface area contributed by atoms with Gasteiger partial charge < -0.3 is 14.9 Å². The molecule has 2 saturated heterocycles. The maximum absolute atomic E-state index is 11.1. The number of nitrogens with zero attached hydrogens (tertiary/aromatic N) is 3. The summed E-state index contributed by atoms with van der Waals surface area (Å²) >= 11 is 0. The lowest BCUT2D eigenvalue weighted by molar-refractivity contribution is 0.0330. The van der Waals surface area contributed by atoms with E-state index in [1.165, 1.54) is 18.4 Å². The predicted molar refractivity (Wildman–Crippen MR) is 91.7 cm³/mol. The topological polar surface area (TPSA) is 67.6 Å². The largest absolute Gasteiger partial charge is 0.465 e. The number of nitriles is 1. The van der Waals surface area contributed by atoms with Crippen molar-refractivity contribution >= 4 is 6.09 Å². The van der Waals surface area contributed by atoms with E-state index in [9.17, 15) is 4.79 Å². The second kappa shape index (κ2) is 7.67. The molecule has 3 rings (SSSR count). The van der Waals surface area contributed by atoms with Crippen molar-refractivity contribution in [2.45, 2.75) is 25.7 Å². The molecule has 2 aliphatic rings. The number of unbranched alkanes of at least 4 members (excludes halogenated alkanes) is 1. The number of hydrogen-bond donors (Lipinski definition) is 1. The summed E-state index contributed by atoms with van der Waals surface area (Å²) in [6, 6.07) is 10.0. The maximum atomic E-state index is 11.1. The summed E-state index contributed by atoms with van der Waals surface area (Å²) in [5.74, 6) is 1.01. The molecule has 1 N–H and O–H groups in total. The Hall–Kier alpha value is -2.06. The summed E-state index contributed by atoms with van der Waals surface area (Å²) in [6.07, 6.45) is 3.80. The lowest BCUT2D eigenvalue weighted by Gasteiger charge is -2.45. The Balaban J connectivity index is 1.39. The second-order valence-electron chi connectivity index (χ2n) is 7.18. The lowest BCUT2D eigenvalue weighted by Crippen LogP contribution is -2.53. The first-order valence-corrected chi connectivity index (χ1v) is 8.83. The SMILES string of the molecule is N#Cc1ccc(CCCCN2CC3CC(C2)CN(C(=O)O)C3)cc1. The number of hydrogen-bond acceptors (Lipinski definition) is 3. The number of amides is 1. The highest BCUT2D eigenvalue weighted by atomic mass is 16.4. The molecular formula is C19H25N3O2. The highest BCUT2D eigenvalue weighted by Crippen LogP contribution is 2.28. The van der Waals surface area contributed by atoms with Gasteiger partial charge in [-0.3, -0.25) is 0 Å². The van der Waals surface area contributed by atoms with Gasteiger partial charge in [-0.25, -0.2) is 4.79 Å². The van der Waals surface area contributed by atoms with Crippen LogP contribution in [0.2, 0.25) is 0 Å². The van der Waals surface area contributed by atoms with Crippen LogP contribution in [0.25, 0.3) is 0 Å². The molecule has 0 aromatic heterocycles. The number of piperidine rings is 2. The average Bonchev–Trinajstić information content (AvgIpc) is 2.58. The van der Waals surface area contributed by atoms with Crippen LogP contribution >= 0.6 is 0 Å². The molecule has 1 aromatic rings.